The number of hydrogen-bond acceptors (Lipinski definition) is 1. The zero-order valence-corrected chi connectivity index (χ0v) is 15.5. The molecule has 0 aliphatic carbocycles. The number of nitrogens with one attached hydrogen (secondary N) is 1. The average molecular weight is 396 g/mol. The van der Waals surface area contributed by atoms with E-state index in [9.17, 15) is 18.0 Å². The van der Waals surface area contributed by atoms with Gasteiger partial charge in [-0.25, -0.2) is 4.79 Å². The fourth-order valence-corrected chi connectivity index (χ4v) is 3.49. The van der Waals surface area contributed by atoms with Gasteiger partial charge in [-0.3, -0.25) is 0 Å². The van der Waals surface area contributed by atoms with Gasteiger partial charge < -0.3 is 10.2 Å². The maximum atomic E-state index is 12.8. The molecular formula is C23H19F3N2O. The maximum absolute atomic E-state index is 12.8. The van der Waals surface area contributed by atoms with Crippen LogP contribution in [-0.2, 0) is 19.1 Å². The number of carbonyl (C=O) groups is 1. The van der Waals surface area contributed by atoms with Gasteiger partial charge in [-0.15, -0.1) is 0 Å². The zero-order valence-electron chi connectivity index (χ0n) is 15.5. The van der Waals surface area contributed by atoms with Crippen molar-refractivity contribution in [1.82, 2.24) is 4.90 Å². The SMILES string of the molecule is O=C(Nc1ccccc1)N1CCc2ccc(-c3ccc(C(F)(F)F)cc3)cc2C1. The van der Waals surface area contributed by atoms with Crippen molar-refractivity contribution in [3.63, 3.8) is 0 Å². The fourth-order valence-electron chi connectivity index (χ4n) is 3.49. The van der Waals surface area contributed by atoms with Crippen molar-refractivity contribution in [2.24, 2.45) is 0 Å². The molecule has 0 aromatic heterocycles. The van der Waals surface area contributed by atoms with Crippen molar-refractivity contribution in [3.05, 3.63) is 89.5 Å². The number of anilines is 1. The lowest BCUT2D eigenvalue weighted by molar-refractivity contribution is -0.137. The van der Waals surface area contributed by atoms with E-state index in [4.69, 9.17) is 0 Å². The minimum Gasteiger partial charge on any atom is -0.320 e. The Morgan fingerprint density at radius 3 is 2.24 bits per heavy atom. The first kappa shape index (κ1) is 19.1. The molecular weight excluding hydrogens is 377 g/mol. The minimum absolute atomic E-state index is 0.165. The van der Waals surface area contributed by atoms with Gasteiger partial charge in [0, 0.05) is 18.8 Å². The first-order chi connectivity index (χ1) is 13.9. The number of carbonyl (C=O) groups excluding carboxylic acids is 1. The van der Waals surface area contributed by atoms with Gasteiger partial charge in [-0.2, -0.15) is 13.2 Å². The molecule has 0 saturated carbocycles. The van der Waals surface area contributed by atoms with Gasteiger partial charge in [-0.05, 0) is 59.0 Å². The number of fused-ring (bicyclic) bond motifs is 1. The second-order valence-electron chi connectivity index (χ2n) is 7.03. The predicted molar refractivity (Wildman–Crippen MR) is 106 cm³/mol. The quantitative estimate of drug-likeness (QED) is 0.569. The van der Waals surface area contributed by atoms with E-state index in [1.807, 2.05) is 48.5 Å². The third-order valence-electron chi connectivity index (χ3n) is 5.08. The summed E-state index contributed by atoms with van der Waals surface area (Å²) in [6, 6.07) is 20.1. The largest absolute Gasteiger partial charge is 0.416 e. The Labute approximate surface area is 166 Å². The van der Waals surface area contributed by atoms with Gasteiger partial charge in [0.15, 0.2) is 0 Å². The van der Waals surface area contributed by atoms with Crippen LogP contribution < -0.4 is 5.32 Å². The highest BCUT2D eigenvalue weighted by Gasteiger charge is 2.30. The number of hydrogen-bond donors (Lipinski definition) is 1. The Balaban J connectivity index is 1.52. The number of amides is 2. The van der Waals surface area contributed by atoms with E-state index < -0.39 is 11.7 Å². The standard InChI is InChI=1S/C23H19F3N2O/c24-23(25,26)20-10-8-16(9-11-20)18-7-6-17-12-13-28(15-19(17)14-18)22(29)27-21-4-2-1-3-5-21/h1-11,14H,12-13,15H2,(H,27,29). The van der Waals surface area contributed by atoms with Gasteiger partial charge in [-0.1, -0.05) is 42.5 Å². The highest BCUT2D eigenvalue weighted by Crippen LogP contribution is 2.32. The number of benzene rings is 3. The van der Waals surface area contributed by atoms with Crippen molar-refractivity contribution in [1.29, 1.82) is 0 Å². The molecule has 1 aliphatic heterocycles. The maximum Gasteiger partial charge on any atom is 0.416 e. The molecule has 2 amide bonds. The van der Waals surface area contributed by atoms with Crippen LogP contribution in [0.1, 0.15) is 16.7 Å². The van der Waals surface area contributed by atoms with Crippen molar-refractivity contribution >= 4 is 11.7 Å². The summed E-state index contributed by atoms with van der Waals surface area (Å²) in [5.74, 6) is 0. The van der Waals surface area contributed by atoms with Crippen LogP contribution in [0.2, 0.25) is 0 Å². The number of rotatable bonds is 2. The molecule has 0 saturated heterocycles. The molecule has 3 aromatic rings. The number of alkyl halides is 3. The Kier molecular flexibility index (Phi) is 5.01. The summed E-state index contributed by atoms with van der Waals surface area (Å²) in [5.41, 5.74) is 3.79. The number of para-hydroxylation sites is 1. The van der Waals surface area contributed by atoms with Crippen LogP contribution in [0.5, 0.6) is 0 Å². The molecule has 1 heterocycles. The monoisotopic (exact) mass is 396 g/mol. The Morgan fingerprint density at radius 1 is 0.862 bits per heavy atom. The van der Waals surface area contributed by atoms with E-state index in [0.29, 0.717) is 18.7 Å². The second-order valence-corrected chi connectivity index (χ2v) is 7.03. The normalized spacial score (nSPS) is 13.7. The second kappa shape index (κ2) is 7.62. The number of urea groups is 1. The first-order valence-corrected chi connectivity index (χ1v) is 9.30. The van der Waals surface area contributed by atoms with Crippen molar-refractivity contribution < 1.29 is 18.0 Å². The number of nitrogens with zero attached hydrogens (tertiary/aromatic N) is 1. The van der Waals surface area contributed by atoms with Gasteiger partial charge in [0.25, 0.3) is 0 Å². The van der Waals surface area contributed by atoms with E-state index in [1.165, 1.54) is 12.1 Å². The summed E-state index contributed by atoms with van der Waals surface area (Å²) in [4.78, 5) is 14.3. The van der Waals surface area contributed by atoms with Crippen LogP contribution in [0.3, 0.4) is 0 Å². The summed E-state index contributed by atoms with van der Waals surface area (Å²) in [6.45, 7) is 1.08. The Morgan fingerprint density at radius 2 is 1.55 bits per heavy atom. The topological polar surface area (TPSA) is 32.3 Å². The minimum atomic E-state index is -4.35. The van der Waals surface area contributed by atoms with E-state index >= 15 is 0 Å². The fraction of sp³-hybridized carbons (Fsp3) is 0.174. The van der Waals surface area contributed by atoms with Crippen molar-refractivity contribution in [2.45, 2.75) is 19.1 Å². The van der Waals surface area contributed by atoms with Crippen LogP contribution >= 0.6 is 0 Å². The van der Waals surface area contributed by atoms with Crippen molar-refractivity contribution in [2.75, 3.05) is 11.9 Å². The molecule has 0 spiro atoms. The Hall–Kier alpha value is -3.28. The third-order valence-corrected chi connectivity index (χ3v) is 5.08. The van der Waals surface area contributed by atoms with Crippen LogP contribution in [0.25, 0.3) is 11.1 Å². The zero-order chi connectivity index (χ0) is 20.4. The highest BCUT2D eigenvalue weighted by molar-refractivity contribution is 5.89. The summed E-state index contributed by atoms with van der Waals surface area (Å²) >= 11 is 0. The molecule has 3 aromatic carbocycles. The lowest BCUT2D eigenvalue weighted by Crippen LogP contribution is -2.38. The van der Waals surface area contributed by atoms with Crippen molar-refractivity contribution in [3.8, 4) is 11.1 Å². The van der Waals surface area contributed by atoms with Gasteiger partial charge in [0.05, 0.1) is 5.56 Å². The molecule has 1 N–H and O–H groups in total. The molecule has 3 nitrogen and oxygen atoms in total. The lowest BCUT2D eigenvalue weighted by atomic mass is 9.94. The summed E-state index contributed by atoms with van der Waals surface area (Å²) in [6.07, 6.45) is -3.61. The van der Waals surface area contributed by atoms with Gasteiger partial charge in [0.2, 0.25) is 0 Å². The molecule has 0 atom stereocenters. The van der Waals surface area contributed by atoms with Crippen LogP contribution in [0.15, 0.2) is 72.8 Å². The highest BCUT2D eigenvalue weighted by atomic mass is 19.4. The lowest BCUT2D eigenvalue weighted by Gasteiger charge is -2.29. The van der Waals surface area contributed by atoms with E-state index in [-0.39, 0.29) is 6.03 Å². The van der Waals surface area contributed by atoms with Gasteiger partial charge in [0.1, 0.15) is 0 Å². The third kappa shape index (κ3) is 4.26. The smallest absolute Gasteiger partial charge is 0.320 e. The van der Waals surface area contributed by atoms with Gasteiger partial charge >= 0.3 is 12.2 Å². The van der Waals surface area contributed by atoms with Crippen LogP contribution in [0.4, 0.5) is 23.7 Å². The first-order valence-electron chi connectivity index (χ1n) is 9.30. The molecule has 0 fully saturated rings. The molecule has 29 heavy (non-hydrogen) atoms. The van der Waals surface area contributed by atoms with E-state index in [1.54, 1.807) is 4.90 Å². The molecule has 0 radical (unpaired) electrons. The molecule has 4 rings (SSSR count). The van der Waals surface area contributed by atoms with E-state index in [0.717, 1.165) is 40.9 Å². The number of halogens is 3. The average Bonchev–Trinajstić information content (AvgIpc) is 2.73. The Bertz CT molecular complexity index is 1010. The molecule has 1 aliphatic rings. The predicted octanol–water partition coefficient (Wildman–Crippen LogP) is 5.96. The summed E-state index contributed by atoms with van der Waals surface area (Å²) in [5, 5.41) is 2.89. The van der Waals surface area contributed by atoms with E-state index in [2.05, 4.69) is 5.32 Å². The molecule has 6 heteroatoms. The van der Waals surface area contributed by atoms with Crippen LogP contribution in [-0.4, -0.2) is 17.5 Å². The molecule has 148 valence electrons. The molecule has 0 unspecified atom stereocenters. The summed E-state index contributed by atoms with van der Waals surface area (Å²) < 4.78 is 38.3. The summed E-state index contributed by atoms with van der Waals surface area (Å²) in [7, 11) is 0. The van der Waals surface area contributed by atoms with Crippen LogP contribution in [0, 0.1) is 0 Å². The molecule has 0 bridgehead atoms.